The second-order valence-electron chi connectivity index (χ2n) is 12.0. The van der Waals surface area contributed by atoms with Crippen LogP contribution in [0, 0.1) is 0 Å². The third-order valence-corrected chi connectivity index (χ3v) is 9.32. The molecule has 0 aliphatic carbocycles. The Labute approximate surface area is 270 Å². The van der Waals surface area contributed by atoms with Gasteiger partial charge in [-0.05, 0) is 77.6 Å². The van der Waals surface area contributed by atoms with E-state index in [0.717, 1.165) is 13.1 Å². The normalized spacial score (nSPS) is 12.1. The van der Waals surface area contributed by atoms with Crippen molar-refractivity contribution in [2.75, 3.05) is 0 Å². The highest BCUT2D eigenvalue weighted by atomic mass is 15.0. The van der Waals surface area contributed by atoms with E-state index >= 15 is 0 Å². The average molecular weight is 593 g/mol. The molecule has 2 nitrogen and oxygen atoms in total. The monoisotopic (exact) mass is 592 g/mol. The second kappa shape index (κ2) is 11.7. The summed E-state index contributed by atoms with van der Waals surface area (Å²) in [6, 6.07) is 48.6. The largest absolute Gasteiger partial charge is 0.341 e. The number of aryl methyl sites for hydroxylation is 2. The van der Waals surface area contributed by atoms with Crippen molar-refractivity contribution in [2.45, 2.75) is 26.9 Å². The van der Waals surface area contributed by atoms with Gasteiger partial charge in [0.2, 0.25) is 0 Å². The summed E-state index contributed by atoms with van der Waals surface area (Å²) in [5, 5.41) is 5.27. The van der Waals surface area contributed by atoms with Gasteiger partial charge >= 0.3 is 0 Å². The number of para-hydroxylation sites is 2. The maximum absolute atomic E-state index is 2.41. The van der Waals surface area contributed by atoms with Gasteiger partial charge in [-0.25, -0.2) is 0 Å². The lowest BCUT2D eigenvalue weighted by Crippen LogP contribution is -1.92. The third kappa shape index (κ3) is 4.93. The predicted molar refractivity (Wildman–Crippen MR) is 200 cm³/mol. The summed E-state index contributed by atoms with van der Waals surface area (Å²) in [4.78, 5) is 0. The number of hydrogen-bond donors (Lipinski definition) is 0. The van der Waals surface area contributed by atoms with Crippen molar-refractivity contribution in [3.8, 4) is 11.1 Å². The maximum Gasteiger partial charge on any atom is 0.0497 e. The molecule has 46 heavy (non-hydrogen) atoms. The molecule has 2 aromatic heterocycles. The molecule has 6 aromatic carbocycles. The summed E-state index contributed by atoms with van der Waals surface area (Å²) < 4.78 is 4.80. The molecule has 0 radical (unpaired) electrons. The lowest BCUT2D eigenvalue weighted by molar-refractivity contribution is 0.827. The predicted octanol–water partition coefficient (Wildman–Crippen LogP) is 11.9. The van der Waals surface area contributed by atoms with E-state index in [4.69, 9.17) is 0 Å². The quantitative estimate of drug-likeness (QED) is 0.163. The number of aromatic nitrogens is 2. The van der Waals surface area contributed by atoms with Gasteiger partial charge in [0.25, 0.3) is 0 Å². The van der Waals surface area contributed by atoms with E-state index < -0.39 is 0 Å². The van der Waals surface area contributed by atoms with Crippen molar-refractivity contribution < 1.29 is 0 Å². The second-order valence-corrected chi connectivity index (χ2v) is 12.0. The van der Waals surface area contributed by atoms with Crippen LogP contribution in [0.5, 0.6) is 0 Å². The SMILES string of the molecule is CCn1c2ccccc2c2cc(/C=C/c3ccc(-c4ccc(/C=C/c5ccc6c7ccccc7n(CC)c6c5)cc4)cc3)ccc21. The van der Waals surface area contributed by atoms with E-state index in [1.54, 1.807) is 0 Å². The standard InChI is InChI=1S/C44H36N2/c1-3-45-42-12-8-6-10-38(42)40-29-33(22-28-43(40)45)15-13-31-17-23-35(24-18-31)36-25-19-32(20-26-36)14-16-34-21-27-39-37-9-5-7-11-41(37)46(4-2)44(39)30-34/h5-30H,3-4H2,1-2H3/b15-13+,16-14+. The molecule has 0 saturated carbocycles. The molecule has 222 valence electrons. The molecule has 2 heterocycles. The fourth-order valence-corrected chi connectivity index (χ4v) is 6.98. The number of rotatable bonds is 7. The summed E-state index contributed by atoms with van der Waals surface area (Å²) >= 11 is 0. The molecule has 0 spiro atoms. The van der Waals surface area contributed by atoms with Crippen LogP contribution >= 0.6 is 0 Å². The Morgan fingerprint density at radius 3 is 1.37 bits per heavy atom. The highest BCUT2D eigenvalue weighted by molar-refractivity contribution is 6.09. The molecule has 2 heteroatoms. The Kier molecular flexibility index (Phi) is 7.11. The van der Waals surface area contributed by atoms with Crippen molar-refractivity contribution in [3.63, 3.8) is 0 Å². The first kappa shape index (κ1) is 27.9. The highest BCUT2D eigenvalue weighted by Gasteiger charge is 2.10. The van der Waals surface area contributed by atoms with Crippen LogP contribution in [-0.4, -0.2) is 9.13 Å². The first-order valence-corrected chi connectivity index (χ1v) is 16.3. The highest BCUT2D eigenvalue weighted by Crippen LogP contribution is 2.32. The van der Waals surface area contributed by atoms with E-state index in [0.29, 0.717) is 0 Å². The van der Waals surface area contributed by atoms with Crippen LogP contribution < -0.4 is 0 Å². The molecule has 0 amide bonds. The van der Waals surface area contributed by atoms with Gasteiger partial charge in [-0.15, -0.1) is 0 Å². The van der Waals surface area contributed by atoms with Crippen LogP contribution in [0.4, 0.5) is 0 Å². The van der Waals surface area contributed by atoms with Crippen molar-refractivity contribution in [3.05, 3.63) is 156 Å². The summed E-state index contributed by atoms with van der Waals surface area (Å²) in [6.45, 7) is 6.35. The smallest absolute Gasteiger partial charge is 0.0497 e. The Morgan fingerprint density at radius 1 is 0.370 bits per heavy atom. The Morgan fingerprint density at radius 2 is 0.783 bits per heavy atom. The molecule has 0 aliphatic rings. The zero-order valence-electron chi connectivity index (χ0n) is 26.3. The van der Waals surface area contributed by atoms with Gasteiger partial charge in [0.1, 0.15) is 0 Å². The minimum absolute atomic E-state index is 0.956. The van der Waals surface area contributed by atoms with Crippen molar-refractivity contribution >= 4 is 67.9 Å². The molecular formula is C44H36N2. The van der Waals surface area contributed by atoms with Crippen LogP contribution in [-0.2, 0) is 13.1 Å². The Bertz CT molecular complexity index is 2410. The van der Waals surface area contributed by atoms with E-state index in [2.05, 4.69) is 181 Å². The minimum atomic E-state index is 0.956. The molecule has 0 N–H and O–H groups in total. The average Bonchev–Trinajstić information content (AvgIpc) is 3.61. The summed E-state index contributed by atoms with van der Waals surface area (Å²) in [6.07, 6.45) is 8.84. The van der Waals surface area contributed by atoms with Gasteiger partial charge in [0, 0.05) is 56.7 Å². The Balaban J connectivity index is 0.979. The summed E-state index contributed by atoms with van der Waals surface area (Å²) in [5.41, 5.74) is 12.4. The lowest BCUT2D eigenvalue weighted by Gasteiger charge is -2.05. The van der Waals surface area contributed by atoms with Gasteiger partial charge in [-0.1, -0.05) is 127 Å². The number of nitrogens with zero attached hydrogens (tertiary/aromatic N) is 2. The molecule has 0 bridgehead atoms. The minimum Gasteiger partial charge on any atom is -0.341 e. The molecule has 0 atom stereocenters. The number of benzene rings is 6. The zero-order valence-corrected chi connectivity index (χ0v) is 26.3. The van der Waals surface area contributed by atoms with Crippen LogP contribution in [0.25, 0.3) is 79.0 Å². The molecule has 0 aliphatic heterocycles. The van der Waals surface area contributed by atoms with Gasteiger partial charge < -0.3 is 9.13 Å². The fraction of sp³-hybridized carbons (Fsp3) is 0.0909. The molecule has 8 aromatic rings. The number of hydrogen-bond acceptors (Lipinski definition) is 0. The zero-order chi connectivity index (χ0) is 31.0. The molecular weight excluding hydrogens is 556 g/mol. The fourth-order valence-electron chi connectivity index (χ4n) is 6.98. The van der Waals surface area contributed by atoms with E-state index in [9.17, 15) is 0 Å². The molecule has 0 unspecified atom stereocenters. The molecule has 0 saturated heterocycles. The molecule has 0 fully saturated rings. The van der Waals surface area contributed by atoms with Gasteiger partial charge in [0.05, 0.1) is 0 Å². The molecule has 8 rings (SSSR count). The van der Waals surface area contributed by atoms with E-state index in [1.807, 2.05) is 0 Å². The first-order valence-electron chi connectivity index (χ1n) is 16.3. The van der Waals surface area contributed by atoms with Crippen molar-refractivity contribution in [1.82, 2.24) is 9.13 Å². The van der Waals surface area contributed by atoms with Crippen LogP contribution in [0.1, 0.15) is 36.1 Å². The van der Waals surface area contributed by atoms with Gasteiger partial charge in [-0.3, -0.25) is 0 Å². The lowest BCUT2D eigenvalue weighted by atomic mass is 10.0. The number of fused-ring (bicyclic) bond motifs is 6. The summed E-state index contributed by atoms with van der Waals surface area (Å²) in [7, 11) is 0. The maximum atomic E-state index is 2.41. The van der Waals surface area contributed by atoms with Gasteiger partial charge in [-0.2, -0.15) is 0 Å². The topological polar surface area (TPSA) is 9.86 Å². The Hall–Kier alpha value is -5.60. The van der Waals surface area contributed by atoms with E-state index in [1.165, 1.54) is 77.0 Å². The van der Waals surface area contributed by atoms with Crippen LogP contribution in [0.15, 0.2) is 133 Å². The van der Waals surface area contributed by atoms with Crippen molar-refractivity contribution in [2.24, 2.45) is 0 Å². The third-order valence-electron chi connectivity index (χ3n) is 9.32. The van der Waals surface area contributed by atoms with Crippen molar-refractivity contribution in [1.29, 1.82) is 0 Å². The first-order chi connectivity index (χ1) is 22.7. The van der Waals surface area contributed by atoms with Crippen LogP contribution in [0.2, 0.25) is 0 Å². The van der Waals surface area contributed by atoms with Crippen LogP contribution in [0.3, 0.4) is 0 Å². The van der Waals surface area contributed by atoms with E-state index in [-0.39, 0.29) is 0 Å². The summed E-state index contributed by atoms with van der Waals surface area (Å²) in [5.74, 6) is 0. The van der Waals surface area contributed by atoms with Gasteiger partial charge in [0.15, 0.2) is 0 Å².